The average Bonchev–Trinajstić information content (AvgIpc) is 3.01. The Balaban J connectivity index is 2.15. The first-order chi connectivity index (χ1) is 7.45. The largest absolute Gasteiger partial charge is 0.422 e. The monoisotopic (exact) mass is 206 g/mol. The van der Waals surface area contributed by atoms with Crippen LogP contribution < -0.4 is 0 Å². The highest BCUT2D eigenvalue weighted by atomic mass is 16.6. The summed E-state index contributed by atoms with van der Waals surface area (Å²) in [5, 5.41) is 21.4. The summed E-state index contributed by atoms with van der Waals surface area (Å²) >= 11 is 0. The van der Waals surface area contributed by atoms with E-state index < -0.39 is 0 Å². The van der Waals surface area contributed by atoms with Crippen LogP contribution in [-0.2, 0) is 0 Å². The van der Waals surface area contributed by atoms with E-state index in [1.807, 2.05) is 0 Å². The summed E-state index contributed by atoms with van der Waals surface area (Å²) in [6.07, 6.45) is 2.48. The molecule has 0 amide bonds. The van der Waals surface area contributed by atoms with Gasteiger partial charge in [0.15, 0.2) is 17.7 Å². The summed E-state index contributed by atoms with van der Waals surface area (Å²) in [5.74, 6) is 0.189. The van der Waals surface area contributed by atoms with Crippen LogP contribution in [0.5, 0.6) is 0 Å². The molecule has 3 aromatic rings. The van der Waals surface area contributed by atoms with Gasteiger partial charge in [-0.1, -0.05) is 0 Å². The van der Waals surface area contributed by atoms with Gasteiger partial charge in [0.1, 0.15) is 0 Å². The van der Waals surface area contributed by atoms with Crippen molar-refractivity contribution in [2.75, 3.05) is 0 Å². The smallest absolute Gasteiger partial charge is 0.272 e. The zero-order chi connectivity index (χ0) is 10.1. The van der Waals surface area contributed by atoms with Crippen LogP contribution in [-0.4, -0.2) is 30.9 Å². The van der Waals surface area contributed by atoms with Crippen molar-refractivity contribution in [3.8, 4) is 23.0 Å². The van der Waals surface area contributed by atoms with Gasteiger partial charge < -0.3 is 8.94 Å². The maximum absolute atomic E-state index is 4.95. The second-order valence-corrected chi connectivity index (χ2v) is 2.50. The van der Waals surface area contributed by atoms with Gasteiger partial charge in [0.05, 0.1) is 0 Å². The molecule has 9 heteroatoms. The Hall–Kier alpha value is -2.58. The quantitative estimate of drug-likeness (QED) is 0.577. The van der Waals surface area contributed by atoms with Gasteiger partial charge in [-0.25, -0.2) is 4.63 Å². The molecule has 0 fully saturated rings. The Labute approximate surface area is 81.0 Å². The molecule has 0 spiro atoms. The summed E-state index contributed by atoms with van der Waals surface area (Å²) < 4.78 is 14.1. The summed E-state index contributed by atoms with van der Waals surface area (Å²) in [4.78, 5) is 0. The van der Waals surface area contributed by atoms with Gasteiger partial charge in [0, 0.05) is 5.27 Å². The van der Waals surface area contributed by atoms with Gasteiger partial charge in [-0.3, -0.25) is 0 Å². The van der Waals surface area contributed by atoms with E-state index in [0.29, 0.717) is 17.1 Å². The second kappa shape index (κ2) is 2.97. The van der Waals surface area contributed by atoms with E-state index in [0.717, 1.165) is 0 Å². The maximum atomic E-state index is 4.95. The molecule has 0 radical (unpaired) electrons. The fraction of sp³-hybridized carbons (Fsp3) is 0. The lowest BCUT2D eigenvalue weighted by molar-refractivity contribution is 0.308. The first-order valence-electron chi connectivity index (χ1n) is 3.81. The Morgan fingerprint density at radius 2 is 2.00 bits per heavy atom. The third-order valence-electron chi connectivity index (χ3n) is 1.65. The topological polar surface area (TPSA) is 117 Å². The van der Waals surface area contributed by atoms with Crippen molar-refractivity contribution >= 4 is 0 Å². The Bertz CT molecular complexity index is 492. The van der Waals surface area contributed by atoms with Crippen LogP contribution in [0, 0.1) is 0 Å². The van der Waals surface area contributed by atoms with Crippen LogP contribution in [0.25, 0.3) is 23.0 Å². The number of hydrogen-bond acceptors (Lipinski definition) is 9. The van der Waals surface area contributed by atoms with Gasteiger partial charge in [-0.05, 0) is 10.3 Å². The van der Waals surface area contributed by atoms with E-state index in [9.17, 15) is 0 Å². The normalized spacial score (nSPS) is 10.7. The first kappa shape index (κ1) is 7.79. The lowest BCUT2D eigenvalue weighted by atomic mass is 10.2. The summed E-state index contributed by atoms with van der Waals surface area (Å²) in [7, 11) is 0. The summed E-state index contributed by atoms with van der Waals surface area (Å²) in [6.45, 7) is 0. The predicted octanol–water partition coefficient (Wildman–Crippen LogP) is 0.170. The molecule has 0 aliphatic heterocycles. The lowest BCUT2D eigenvalue weighted by Gasteiger charge is -1.86. The van der Waals surface area contributed by atoms with Crippen LogP contribution in [0.4, 0.5) is 0 Å². The zero-order valence-electron chi connectivity index (χ0n) is 7.06. The molecule has 0 saturated carbocycles. The van der Waals surface area contributed by atoms with Crippen molar-refractivity contribution in [2.24, 2.45) is 0 Å². The van der Waals surface area contributed by atoms with Crippen molar-refractivity contribution in [1.82, 2.24) is 30.9 Å². The standard InChI is InChI=1S/C6H2N6O3/c1-3(8-12-14-1)4-5(11-15-10-4)6-9-7-2-13-6/h1-2H. The van der Waals surface area contributed by atoms with Gasteiger partial charge in [-0.2, -0.15) is 0 Å². The minimum Gasteiger partial charge on any atom is -0.422 e. The Morgan fingerprint density at radius 3 is 2.73 bits per heavy atom. The van der Waals surface area contributed by atoms with E-state index in [4.69, 9.17) is 4.42 Å². The van der Waals surface area contributed by atoms with Crippen LogP contribution >= 0.6 is 0 Å². The fourth-order valence-electron chi connectivity index (χ4n) is 1.04. The number of hydrogen-bond donors (Lipinski definition) is 0. The van der Waals surface area contributed by atoms with Gasteiger partial charge in [0.2, 0.25) is 12.1 Å². The van der Waals surface area contributed by atoms with Crippen molar-refractivity contribution in [1.29, 1.82) is 0 Å². The molecule has 0 N–H and O–H groups in total. The average molecular weight is 206 g/mol. The Kier molecular flexibility index (Phi) is 1.54. The van der Waals surface area contributed by atoms with Crippen molar-refractivity contribution in [3.63, 3.8) is 0 Å². The van der Waals surface area contributed by atoms with E-state index in [1.165, 1.54) is 12.7 Å². The third-order valence-corrected chi connectivity index (χ3v) is 1.65. The van der Waals surface area contributed by atoms with E-state index in [1.54, 1.807) is 0 Å². The van der Waals surface area contributed by atoms with Crippen molar-refractivity contribution < 1.29 is 13.6 Å². The Morgan fingerprint density at radius 1 is 1.07 bits per heavy atom. The molecule has 0 bridgehead atoms. The van der Waals surface area contributed by atoms with Gasteiger partial charge >= 0.3 is 0 Å². The molecule has 3 aromatic heterocycles. The van der Waals surface area contributed by atoms with Crippen LogP contribution in [0.3, 0.4) is 0 Å². The molecular formula is C6H2N6O3. The van der Waals surface area contributed by atoms with Crippen molar-refractivity contribution in [2.45, 2.75) is 0 Å². The van der Waals surface area contributed by atoms with E-state index in [2.05, 4.69) is 40.0 Å². The van der Waals surface area contributed by atoms with E-state index in [-0.39, 0.29) is 5.89 Å². The third kappa shape index (κ3) is 1.17. The molecule has 0 aliphatic rings. The fourth-order valence-corrected chi connectivity index (χ4v) is 1.04. The van der Waals surface area contributed by atoms with Crippen LogP contribution in [0.1, 0.15) is 0 Å². The SMILES string of the molecule is c1nnc(-c2nonc2-c2conn2)o1. The highest BCUT2D eigenvalue weighted by molar-refractivity contribution is 5.69. The molecule has 15 heavy (non-hydrogen) atoms. The summed E-state index contributed by atoms with van der Waals surface area (Å²) in [5.41, 5.74) is 1.01. The molecule has 0 atom stereocenters. The molecule has 3 rings (SSSR count). The highest BCUT2D eigenvalue weighted by Gasteiger charge is 2.20. The highest BCUT2D eigenvalue weighted by Crippen LogP contribution is 2.25. The number of aromatic nitrogens is 6. The predicted molar refractivity (Wildman–Crippen MR) is 40.9 cm³/mol. The zero-order valence-corrected chi connectivity index (χ0v) is 7.06. The van der Waals surface area contributed by atoms with E-state index >= 15 is 0 Å². The molecule has 74 valence electrons. The number of nitrogens with zero attached hydrogens (tertiary/aromatic N) is 6. The van der Waals surface area contributed by atoms with Gasteiger partial charge in [0.25, 0.3) is 5.89 Å². The molecule has 0 saturated heterocycles. The lowest BCUT2D eigenvalue weighted by Crippen LogP contribution is -1.84. The molecular weight excluding hydrogens is 204 g/mol. The first-order valence-corrected chi connectivity index (χ1v) is 3.81. The maximum Gasteiger partial charge on any atom is 0.272 e. The molecule has 9 nitrogen and oxygen atoms in total. The van der Waals surface area contributed by atoms with Crippen molar-refractivity contribution in [3.05, 3.63) is 12.7 Å². The molecule has 0 aromatic carbocycles. The second-order valence-electron chi connectivity index (χ2n) is 2.50. The molecule has 0 aliphatic carbocycles. The minimum atomic E-state index is 0.189. The number of rotatable bonds is 2. The van der Waals surface area contributed by atoms with Gasteiger partial charge in [-0.15, -0.1) is 15.3 Å². The van der Waals surface area contributed by atoms with Crippen LogP contribution in [0.15, 0.2) is 26.2 Å². The minimum absolute atomic E-state index is 0.189. The molecule has 3 heterocycles. The van der Waals surface area contributed by atoms with Crippen LogP contribution in [0.2, 0.25) is 0 Å². The molecule has 0 unspecified atom stereocenters. The summed E-state index contributed by atoms with van der Waals surface area (Å²) in [6, 6.07) is 0.